The zero-order chi connectivity index (χ0) is 16.5. The first-order valence-electron chi connectivity index (χ1n) is 9.06. The molecule has 4 rings (SSSR count). The van der Waals surface area contributed by atoms with Gasteiger partial charge in [-0.05, 0) is 49.1 Å². The number of hydrogen-bond acceptors (Lipinski definition) is 4. The highest BCUT2D eigenvalue weighted by atomic mass is 35.5. The summed E-state index contributed by atoms with van der Waals surface area (Å²) in [6.45, 7) is 1.49. The first-order chi connectivity index (χ1) is 11.7. The maximum Gasteiger partial charge on any atom is 0.223 e. The van der Waals surface area contributed by atoms with Gasteiger partial charge in [-0.1, -0.05) is 0 Å². The van der Waals surface area contributed by atoms with Gasteiger partial charge in [-0.2, -0.15) is 0 Å². The van der Waals surface area contributed by atoms with Crippen molar-refractivity contribution in [3.8, 4) is 0 Å². The van der Waals surface area contributed by atoms with Gasteiger partial charge in [0, 0.05) is 48.9 Å². The largest absolute Gasteiger partial charge is 0.353 e. The molecular formula is C18H26ClN3O2S. The lowest BCUT2D eigenvalue weighted by atomic mass is 9.99. The molecule has 0 spiro atoms. The van der Waals surface area contributed by atoms with E-state index in [-0.39, 0.29) is 30.3 Å². The second-order valence-electron chi connectivity index (χ2n) is 7.31. The number of amides is 2. The fourth-order valence-corrected chi connectivity index (χ4v) is 5.20. The summed E-state index contributed by atoms with van der Waals surface area (Å²) < 4.78 is 0. The number of nitrogens with one attached hydrogen (secondary N) is 2. The lowest BCUT2D eigenvalue weighted by molar-refractivity contribution is -0.134. The summed E-state index contributed by atoms with van der Waals surface area (Å²) in [6.07, 6.45) is 6.10. The molecule has 3 aliphatic heterocycles. The number of piperidine rings is 1. The molecule has 2 saturated heterocycles. The molecule has 25 heavy (non-hydrogen) atoms. The molecule has 4 heterocycles. The van der Waals surface area contributed by atoms with Crippen LogP contribution < -0.4 is 10.6 Å². The van der Waals surface area contributed by atoms with E-state index < -0.39 is 0 Å². The minimum Gasteiger partial charge on any atom is -0.353 e. The van der Waals surface area contributed by atoms with Crippen molar-refractivity contribution in [2.75, 3.05) is 6.54 Å². The maximum atomic E-state index is 12.4. The normalized spacial score (nSPS) is 27.4. The number of carbonyl (C=O) groups excluding carboxylic acids is 2. The van der Waals surface area contributed by atoms with E-state index in [1.54, 1.807) is 11.3 Å². The third-order valence-corrected chi connectivity index (χ3v) is 6.59. The summed E-state index contributed by atoms with van der Waals surface area (Å²) in [5.41, 5.74) is 1.27. The minimum atomic E-state index is 0. The SMILES string of the molecule is Cl.O=C(CCC(=O)N1CCc2sccc2C1)NC1CC2CCC(C1)N2. The highest BCUT2D eigenvalue weighted by Crippen LogP contribution is 2.27. The van der Waals surface area contributed by atoms with E-state index in [0.717, 1.165) is 25.8 Å². The van der Waals surface area contributed by atoms with Gasteiger partial charge in [0.05, 0.1) is 0 Å². The summed E-state index contributed by atoms with van der Waals surface area (Å²) in [6, 6.07) is 3.54. The lowest BCUT2D eigenvalue weighted by Gasteiger charge is -2.30. The highest BCUT2D eigenvalue weighted by Gasteiger charge is 2.34. The van der Waals surface area contributed by atoms with E-state index in [4.69, 9.17) is 0 Å². The third-order valence-electron chi connectivity index (χ3n) is 5.56. The molecule has 2 amide bonds. The predicted molar refractivity (Wildman–Crippen MR) is 101 cm³/mol. The average Bonchev–Trinajstić information content (AvgIpc) is 3.18. The number of thiophene rings is 1. The summed E-state index contributed by atoms with van der Waals surface area (Å²) >= 11 is 1.77. The van der Waals surface area contributed by atoms with Gasteiger partial charge in [-0.15, -0.1) is 23.7 Å². The van der Waals surface area contributed by atoms with Crippen molar-refractivity contribution in [3.63, 3.8) is 0 Å². The van der Waals surface area contributed by atoms with E-state index in [0.29, 0.717) is 31.5 Å². The van der Waals surface area contributed by atoms with Gasteiger partial charge in [0.2, 0.25) is 11.8 Å². The van der Waals surface area contributed by atoms with Crippen LogP contribution in [0.4, 0.5) is 0 Å². The Morgan fingerprint density at radius 3 is 2.76 bits per heavy atom. The molecular weight excluding hydrogens is 358 g/mol. The van der Waals surface area contributed by atoms with Crippen LogP contribution in [0.3, 0.4) is 0 Å². The van der Waals surface area contributed by atoms with Gasteiger partial charge >= 0.3 is 0 Å². The molecule has 0 aliphatic carbocycles. The van der Waals surface area contributed by atoms with Crippen LogP contribution in [0.5, 0.6) is 0 Å². The van der Waals surface area contributed by atoms with Crippen molar-refractivity contribution < 1.29 is 9.59 Å². The summed E-state index contributed by atoms with van der Waals surface area (Å²) in [5.74, 6) is 0.135. The molecule has 2 unspecified atom stereocenters. The summed E-state index contributed by atoms with van der Waals surface area (Å²) in [5, 5.41) is 8.82. The van der Waals surface area contributed by atoms with Crippen LogP contribution in [0.15, 0.2) is 11.4 Å². The summed E-state index contributed by atoms with van der Waals surface area (Å²) in [4.78, 5) is 27.9. The predicted octanol–water partition coefficient (Wildman–Crippen LogP) is 2.23. The second-order valence-corrected chi connectivity index (χ2v) is 8.31. The third kappa shape index (κ3) is 4.36. The first kappa shape index (κ1) is 18.7. The van der Waals surface area contributed by atoms with Gasteiger partial charge < -0.3 is 15.5 Å². The van der Waals surface area contributed by atoms with Gasteiger partial charge in [0.25, 0.3) is 0 Å². The quantitative estimate of drug-likeness (QED) is 0.838. The van der Waals surface area contributed by atoms with Crippen molar-refractivity contribution in [3.05, 3.63) is 21.9 Å². The molecule has 0 saturated carbocycles. The number of nitrogens with zero attached hydrogens (tertiary/aromatic N) is 1. The fourth-order valence-electron chi connectivity index (χ4n) is 4.31. The highest BCUT2D eigenvalue weighted by molar-refractivity contribution is 7.10. The molecule has 2 bridgehead atoms. The van der Waals surface area contributed by atoms with Crippen molar-refractivity contribution >= 4 is 35.6 Å². The van der Waals surface area contributed by atoms with Crippen LogP contribution in [0.2, 0.25) is 0 Å². The van der Waals surface area contributed by atoms with Crippen LogP contribution in [-0.2, 0) is 22.6 Å². The van der Waals surface area contributed by atoms with Crippen molar-refractivity contribution in [1.82, 2.24) is 15.5 Å². The Morgan fingerprint density at radius 1 is 1.24 bits per heavy atom. The standard InChI is InChI=1S/C18H25N3O2S.ClH/c22-17(20-15-9-13-1-2-14(10-15)19-13)3-4-18(23)21-7-5-16-12(11-21)6-8-24-16;/h6,8,13-15,19H,1-5,7,9-11H2,(H,20,22);1H. The molecule has 1 aromatic rings. The van der Waals surface area contributed by atoms with Crippen molar-refractivity contribution in [2.24, 2.45) is 0 Å². The number of carbonyl (C=O) groups is 2. The molecule has 0 radical (unpaired) electrons. The topological polar surface area (TPSA) is 61.4 Å². The Bertz CT molecular complexity index is 624. The van der Waals surface area contributed by atoms with E-state index in [1.165, 1.54) is 23.3 Å². The summed E-state index contributed by atoms with van der Waals surface area (Å²) in [7, 11) is 0. The Morgan fingerprint density at radius 2 is 2.00 bits per heavy atom. The zero-order valence-electron chi connectivity index (χ0n) is 14.3. The second kappa shape index (κ2) is 8.06. The van der Waals surface area contributed by atoms with Crippen LogP contribution in [0, 0.1) is 0 Å². The Kier molecular flexibility index (Phi) is 6.02. The molecule has 138 valence electrons. The Balaban J connectivity index is 0.00000182. The Labute approximate surface area is 158 Å². The van der Waals surface area contributed by atoms with E-state index in [2.05, 4.69) is 22.1 Å². The van der Waals surface area contributed by atoms with E-state index in [1.807, 2.05) is 4.90 Å². The molecule has 1 aromatic heterocycles. The van der Waals surface area contributed by atoms with Crippen LogP contribution >= 0.6 is 23.7 Å². The molecule has 2 atom stereocenters. The molecule has 7 heteroatoms. The molecule has 3 aliphatic rings. The van der Waals surface area contributed by atoms with Crippen LogP contribution in [-0.4, -0.2) is 41.4 Å². The van der Waals surface area contributed by atoms with Crippen molar-refractivity contribution in [1.29, 1.82) is 0 Å². The minimum absolute atomic E-state index is 0. The molecule has 0 aromatic carbocycles. The fraction of sp³-hybridized carbons (Fsp3) is 0.667. The zero-order valence-corrected chi connectivity index (χ0v) is 16.0. The van der Waals surface area contributed by atoms with E-state index in [9.17, 15) is 9.59 Å². The smallest absolute Gasteiger partial charge is 0.223 e. The molecule has 2 N–H and O–H groups in total. The maximum absolute atomic E-state index is 12.4. The van der Waals surface area contributed by atoms with Gasteiger partial charge in [-0.3, -0.25) is 9.59 Å². The number of hydrogen-bond donors (Lipinski definition) is 2. The van der Waals surface area contributed by atoms with Gasteiger partial charge in [-0.25, -0.2) is 0 Å². The molecule has 5 nitrogen and oxygen atoms in total. The van der Waals surface area contributed by atoms with E-state index >= 15 is 0 Å². The van der Waals surface area contributed by atoms with Crippen molar-refractivity contribution in [2.45, 2.75) is 69.6 Å². The Hall–Kier alpha value is -1.11. The van der Waals surface area contributed by atoms with Crippen LogP contribution in [0.1, 0.15) is 49.0 Å². The average molecular weight is 384 g/mol. The van der Waals surface area contributed by atoms with Gasteiger partial charge in [0.1, 0.15) is 0 Å². The monoisotopic (exact) mass is 383 g/mol. The number of halogens is 1. The molecule has 2 fully saturated rings. The number of rotatable bonds is 4. The van der Waals surface area contributed by atoms with Gasteiger partial charge in [0.15, 0.2) is 0 Å². The number of fused-ring (bicyclic) bond motifs is 3. The first-order valence-corrected chi connectivity index (χ1v) is 9.94. The lowest BCUT2D eigenvalue weighted by Crippen LogP contribution is -2.48. The van der Waals surface area contributed by atoms with Crippen LogP contribution in [0.25, 0.3) is 0 Å².